The van der Waals surface area contributed by atoms with E-state index < -0.39 is 67.6 Å². The number of primary amides is 1. The van der Waals surface area contributed by atoms with E-state index in [-0.39, 0.29) is 0 Å². The standard InChI is InChI=1S/C13H23N3O8/c1-5(18)15-7(12(14)22)4-23-13-9(16-6(2)19)11(21)10(20)8(3-17)24-13/h7-11,13,17,20-21H,3-4H2,1-2H3,(H2,14,22)(H,15,18)(H,16,19)/t7-,8+,9+,10+,11+,13+/m0/s1. The van der Waals surface area contributed by atoms with Gasteiger partial charge in [-0.25, -0.2) is 0 Å². The Morgan fingerprint density at radius 1 is 1.21 bits per heavy atom. The molecule has 0 aliphatic carbocycles. The van der Waals surface area contributed by atoms with Crippen LogP contribution in [0.25, 0.3) is 0 Å². The van der Waals surface area contributed by atoms with Crippen LogP contribution in [0.4, 0.5) is 0 Å². The minimum absolute atomic E-state index is 0.392. The summed E-state index contributed by atoms with van der Waals surface area (Å²) in [6.45, 7) is 1.39. The lowest BCUT2D eigenvalue weighted by atomic mass is 9.97. The topological polar surface area (TPSA) is 180 Å². The van der Waals surface area contributed by atoms with Gasteiger partial charge < -0.3 is 41.2 Å². The summed E-state index contributed by atoms with van der Waals surface area (Å²) in [6, 6.07) is -2.30. The van der Waals surface area contributed by atoms with Gasteiger partial charge in [-0.15, -0.1) is 0 Å². The molecule has 1 saturated heterocycles. The monoisotopic (exact) mass is 349 g/mol. The van der Waals surface area contributed by atoms with E-state index in [4.69, 9.17) is 15.2 Å². The zero-order valence-electron chi connectivity index (χ0n) is 13.3. The van der Waals surface area contributed by atoms with Crippen LogP contribution in [0.2, 0.25) is 0 Å². The van der Waals surface area contributed by atoms with E-state index in [1.807, 2.05) is 0 Å². The third-order valence-corrected chi connectivity index (χ3v) is 3.40. The van der Waals surface area contributed by atoms with E-state index in [2.05, 4.69) is 10.6 Å². The summed E-state index contributed by atoms with van der Waals surface area (Å²) >= 11 is 0. The van der Waals surface area contributed by atoms with Gasteiger partial charge in [0, 0.05) is 13.8 Å². The van der Waals surface area contributed by atoms with Crippen LogP contribution in [-0.4, -0.2) is 82.9 Å². The largest absolute Gasteiger partial charge is 0.394 e. The summed E-state index contributed by atoms with van der Waals surface area (Å²) in [7, 11) is 0. The van der Waals surface area contributed by atoms with Gasteiger partial charge in [-0.2, -0.15) is 0 Å². The van der Waals surface area contributed by atoms with Crippen molar-refractivity contribution < 1.29 is 39.2 Å². The van der Waals surface area contributed by atoms with Crippen LogP contribution in [0.15, 0.2) is 0 Å². The predicted octanol–water partition coefficient (Wildman–Crippen LogP) is -4.06. The first kappa shape index (κ1) is 20.3. The highest BCUT2D eigenvalue weighted by Gasteiger charge is 2.45. The van der Waals surface area contributed by atoms with Gasteiger partial charge in [-0.05, 0) is 0 Å². The number of hydrogen-bond acceptors (Lipinski definition) is 8. The molecule has 1 aliphatic rings. The quantitative estimate of drug-likeness (QED) is 0.268. The Bertz CT molecular complexity index is 474. The van der Waals surface area contributed by atoms with Crippen LogP contribution in [0, 0.1) is 0 Å². The minimum Gasteiger partial charge on any atom is -0.394 e. The van der Waals surface area contributed by atoms with Crippen molar-refractivity contribution in [3.8, 4) is 0 Å². The molecule has 1 aliphatic heterocycles. The highest BCUT2D eigenvalue weighted by atomic mass is 16.7. The summed E-state index contributed by atoms with van der Waals surface area (Å²) in [5.41, 5.74) is 5.15. The number of carbonyl (C=O) groups excluding carboxylic acids is 3. The van der Waals surface area contributed by atoms with Gasteiger partial charge in [-0.1, -0.05) is 0 Å². The highest BCUT2D eigenvalue weighted by molar-refractivity contribution is 5.85. The first-order chi connectivity index (χ1) is 11.2. The average Bonchev–Trinajstić information content (AvgIpc) is 2.48. The summed E-state index contributed by atoms with van der Waals surface area (Å²) in [6.07, 6.45) is -5.35. The maximum Gasteiger partial charge on any atom is 0.242 e. The second kappa shape index (κ2) is 8.89. The maximum atomic E-state index is 11.3. The van der Waals surface area contributed by atoms with Crippen molar-refractivity contribution >= 4 is 17.7 Å². The van der Waals surface area contributed by atoms with Crippen molar-refractivity contribution in [2.45, 2.75) is 50.5 Å². The summed E-state index contributed by atoms with van der Waals surface area (Å²) in [5, 5.41) is 33.8. The lowest BCUT2D eigenvalue weighted by Gasteiger charge is -2.42. The van der Waals surface area contributed by atoms with Crippen LogP contribution < -0.4 is 16.4 Å². The van der Waals surface area contributed by atoms with Gasteiger partial charge in [0.15, 0.2) is 6.29 Å². The van der Waals surface area contributed by atoms with Crippen molar-refractivity contribution in [3.63, 3.8) is 0 Å². The Labute approximate surface area is 138 Å². The highest BCUT2D eigenvalue weighted by Crippen LogP contribution is 2.22. The second-order valence-corrected chi connectivity index (χ2v) is 5.42. The third-order valence-electron chi connectivity index (χ3n) is 3.40. The van der Waals surface area contributed by atoms with Crippen molar-refractivity contribution in [1.82, 2.24) is 10.6 Å². The minimum atomic E-state index is -1.47. The summed E-state index contributed by atoms with van der Waals surface area (Å²) < 4.78 is 10.6. The molecule has 1 rings (SSSR count). The number of nitrogens with one attached hydrogen (secondary N) is 2. The van der Waals surface area contributed by atoms with Crippen LogP contribution in [0.5, 0.6) is 0 Å². The van der Waals surface area contributed by atoms with E-state index in [0.717, 1.165) is 0 Å². The number of hydrogen-bond donors (Lipinski definition) is 6. The van der Waals surface area contributed by atoms with Gasteiger partial charge in [-0.3, -0.25) is 14.4 Å². The van der Waals surface area contributed by atoms with E-state index in [1.165, 1.54) is 13.8 Å². The van der Waals surface area contributed by atoms with E-state index in [1.54, 1.807) is 0 Å². The van der Waals surface area contributed by atoms with Gasteiger partial charge in [0.1, 0.15) is 30.4 Å². The molecule has 0 aromatic carbocycles. The van der Waals surface area contributed by atoms with Crippen molar-refractivity contribution in [1.29, 1.82) is 0 Å². The zero-order valence-corrected chi connectivity index (χ0v) is 13.3. The predicted molar refractivity (Wildman–Crippen MR) is 78.1 cm³/mol. The number of carbonyl (C=O) groups is 3. The fraction of sp³-hybridized carbons (Fsp3) is 0.769. The molecule has 1 fully saturated rings. The molecular weight excluding hydrogens is 326 g/mol. The third kappa shape index (κ3) is 5.39. The Morgan fingerprint density at radius 3 is 2.29 bits per heavy atom. The van der Waals surface area contributed by atoms with Gasteiger partial charge >= 0.3 is 0 Å². The molecule has 24 heavy (non-hydrogen) atoms. The first-order valence-corrected chi connectivity index (χ1v) is 7.25. The molecule has 3 amide bonds. The van der Waals surface area contributed by atoms with Crippen LogP contribution in [0.1, 0.15) is 13.8 Å². The summed E-state index contributed by atoms with van der Waals surface area (Å²) in [5.74, 6) is -1.87. The Balaban J connectivity index is 2.83. The zero-order chi connectivity index (χ0) is 18.4. The van der Waals surface area contributed by atoms with E-state index in [9.17, 15) is 29.7 Å². The van der Waals surface area contributed by atoms with E-state index >= 15 is 0 Å². The number of aliphatic hydroxyl groups excluding tert-OH is 3. The molecule has 11 heteroatoms. The molecule has 7 N–H and O–H groups in total. The molecule has 11 nitrogen and oxygen atoms in total. The molecule has 0 spiro atoms. The molecule has 0 aromatic heterocycles. The van der Waals surface area contributed by atoms with Gasteiger partial charge in [0.25, 0.3) is 0 Å². The molecule has 6 atom stereocenters. The molecule has 0 radical (unpaired) electrons. The van der Waals surface area contributed by atoms with Crippen molar-refractivity contribution in [2.24, 2.45) is 5.73 Å². The normalized spacial score (nSPS) is 31.1. The molecular formula is C13H23N3O8. The van der Waals surface area contributed by atoms with Crippen LogP contribution >= 0.6 is 0 Å². The van der Waals surface area contributed by atoms with E-state index in [0.29, 0.717) is 0 Å². The number of aliphatic hydroxyl groups is 3. The Kier molecular flexibility index (Phi) is 7.51. The molecule has 0 saturated carbocycles. The summed E-state index contributed by atoms with van der Waals surface area (Å²) in [4.78, 5) is 33.6. The first-order valence-electron chi connectivity index (χ1n) is 7.25. The fourth-order valence-electron chi connectivity index (χ4n) is 2.24. The van der Waals surface area contributed by atoms with Crippen LogP contribution in [0.3, 0.4) is 0 Å². The number of amides is 3. The van der Waals surface area contributed by atoms with Gasteiger partial charge in [0.2, 0.25) is 17.7 Å². The van der Waals surface area contributed by atoms with Crippen LogP contribution in [-0.2, 0) is 23.9 Å². The Morgan fingerprint density at radius 2 is 1.83 bits per heavy atom. The smallest absolute Gasteiger partial charge is 0.242 e. The number of rotatable bonds is 7. The lowest BCUT2D eigenvalue weighted by molar-refractivity contribution is -0.270. The SMILES string of the molecule is CC(=O)N[C@H]1[C@H](OC[C@H](NC(C)=O)C(N)=O)O[C@H](CO)[C@@H](O)[C@@H]1O. The van der Waals surface area contributed by atoms with Crippen molar-refractivity contribution in [3.05, 3.63) is 0 Å². The maximum absolute atomic E-state index is 11.3. The average molecular weight is 349 g/mol. The molecule has 0 bridgehead atoms. The molecule has 0 aromatic rings. The molecule has 1 heterocycles. The van der Waals surface area contributed by atoms with Gasteiger partial charge in [0.05, 0.1) is 13.2 Å². The lowest BCUT2D eigenvalue weighted by Crippen LogP contribution is -2.65. The second-order valence-electron chi connectivity index (χ2n) is 5.42. The fourth-order valence-corrected chi connectivity index (χ4v) is 2.24. The van der Waals surface area contributed by atoms with Crippen molar-refractivity contribution in [2.75, 3.05) is 13.2 Å². The number of nitrogens with two attached hydrogens (primary N) is 1. The number of ether oxygens (including phenoxy) is 2. The Hall–Kier alpha value is -1.79. The molecule has 138 valence electrons. The molecule has 0 unspecified atom stereocenters.